The number of methoxy groups -OCH3 is 1. The quantitative estimate of drug-likeness (QED) is 0.820. The Bertz CT molecular complexity index is 659. The van der Waals surface area contributed by atoms with Crippen LogP contribution in [0.15, 0.2) is 48.5 Å². The van der Waals surface area contributed by atoms with Gasteiger partial charge in [0, 0.05) is 7.05 Å². The van der Waals surface area contributed by atoms with Crippen LogP contribution in [-0.4, -0.2) is 38.1 Å². The molecule has 1 amide bonds. The number of aryl methyl sites for hydroxylation is 1. The van der Waals surface area contributed by atoms with Crippen LogP contribution in [0.3, 0.4) is 0 Å². The number of benzene rings is 2. The minimum Gasteiger partial charge on any atom is -0.497 e. The third kappa shape index (κ3) is 5.96. The summed E-state index contributed by atoms with van der Waals surface area (Å²) in [6, 6.07) is 14.4. The second-order valence-electron chi connectivity index (χ2n) is 5.67. The Morgan fingerprint density at radius 3 is 2.20 bits per heavy atom. The summed E-state index contributed by atoms with van der Waals surface area (Å²) in [5.74, 6) is 1.38. The molecule has 2 aromatic carbocycles. The molecule has 25 heavy (non-hydrogen) atoms. The Kier molecular flexibility index (Phi) is 8.25. The fourth-order valence-corrected chi connectivity index (χ4v) is 2.24. The summed E-state index contributed by atoms with van der Waals surface area (Å²) in [6.45, 7) is 2.86. The first-order valence-electron chi connectivity index (χ1n) is 7.85. The van der Waals surface area contributed by atoms with E-state index in [4.69, 9.17) is 15.2 Å². The molecule has 6 heteroatoms. The first-order valence-corrected chi connectivity index (χ1v) is 7.85. The summed E-state index contributed by atoms with van der Waals surface area (Å²) in [5, 5.41) is 0. The van der Waals surface area contributed by atoms with Crippen molar-refractivity contribution < 1.29 is 14.3 Å². The van der Waals surface area contributed by atoms with E-state index in [0.29, 0.717) is 13.2 Å². The Labute approximate surface area is 155 Å². The number of halogens is 1. The molecular formula is C19H25ClN2O3. The van der Waals surface area contributed by atoms with Crippen molar-refractivity contribution in [3.8, 4) is 11.5 Å². The van der Waals surface area contributed by atoms with Crippen LogP contribution >= 0.6 is 12.4 Å². The van der Waals surface area contributed by atoms with Gasteiger partial charge in [-0.05, 0) is 36.8 Å². The summed E-state index contributed by atoms with van der Waals surface area (Å²) < 4.78 is 10.7. The van der Waals surface area contributed by atoms with Gasteiger partial charge in [-0.1, -0.05) is 29.8 Å². The van der Waals surface area contributed by atoms with E-state index in [-0.39, 0.29) is 18.3 Å². The molecule has 0 aromatic heterocycles. The minimum atomic E-state index is -0.656. The molecule has 136 valence electrons. The van der Waals surface area contributed by atoms with Crippen molar-refractivity contribution >= 4 is 18.3 Å². The maximum Gasteiger partial charge on any atom is 0.243 e. The molecule has 0 radical (unpaired) electrons. The average Bonchev–Trinajstić information content (AvgIpc) is 2.61. The summed E-state index contributed by atoms with van der Waals surface area (Å²) in [4.78, 5) is 14.0. The maximum absolute atomic E-state index is 12.4. The second-order valence-corrected chi connectivity index (χ2v) is 5.67. The first-order chi connectivity index (χ1) is 11.5. The minimum absolute atomic E-state index is 0. The topological polar surface area (TPSA) is 64.8 Å². The number of carbonyl (C=O) groups is 1. The number of ether oxygens (including phenoxy) is 2. The third-order valence-corrected chi connectivity index (χ3v) is 3.83. The molecule has 0 bridgehead atoms. The predicted molar refractivity (Wildman–Crippen MR) is 101 cm³/mol. The van der Waals surface area contributed by atoms with Crippen LogP contribution in [0, 0.1) is 6.92 Å². The highest BCUT2D eigenvalue weighted by Crippen LogP contribution is 2.17. The van der Waals surface area contributed by atoms with Gasteiger partial charge in [0.15, 0.2) is 0 Å². The number of nitrogens with zero attached hydrogens (tertiary/aromatic N) is 1. The largest absolute Gasteiger partial charge is 0.497 e. The van der Waals surface area contributed by atoms with Gasteiger partial charge in [0.1, 0.15) is 24.1 Å². The Morgan fingerprint density at radius 2 is 1.64 bits per heavy atom. The van der Waals surface area contributed by atoms with E-state index < -0.39 is 6.04 Å². The standard InChI is InChI=1S/C19H24N2O3.ClH/c1-14-4-6-15(7-5-14)18(20)19(22)21(2)12-13-24-17-10-8-16(23-3)9-11-17;/h4-11,18H,12-13,20H2,1-3H3;1H. The van der Waals surface area contributed by atoms with E-state index in [1.165, 1.54) is 0 Å². The predicted octanol–water partition coefficient (Wildman–Crippen LogP) is 2.96. The number of carbonyl (C=O) groups excluding carboxylic acids is 1. The smallest absolute Gasteiger partial charge is 0.243 e. The molecule has 0 saturated heterocycles. The van der Waals surface area contributed by atoms with Crippen molar-refractivity contribution in [1.82, 2.24) is 4.90 Å². The summed E-state index contributed by atoms with van der Waals surface area (Å²) in [5.41, 5.74) is 8.01. The fraction of sp³-hybridized carbons (Fsp3) is 0.316. The fourth-order valence-electron chi connectivity index (χ4n) is 2.24. The number of likely N-dealkylation sites (N-methyl/N-ethyl adjacent to an activating group) is 1. The van der Waals surface area contributed by atoms with Crippen LogP contribution in [-0.2, 0) is 4.79 Å². The number of hydrogen-bond acceptors (Lipinski definition) is 4. The van der Waals surface area contributed by atoms with Gasteiger partial charge >= 0.3 is 0 Å². The van der Waals surface area contributed by atoms with Crippen molar-refractivity contribution in [1.29, 1.82) is 0 Å². The average molecular weight is 365 g/mol. The van der Waals surface area contributed by atoms with E-state index in [1.54, 1.807) is 19.1 Å². The number of rotatable bonds is 7. The van der Waals surface area contributed by atoms with Gasteiger partial charge in [-0.25, -0.2) is 0 Å². The van der Waals surface area contributed by atoms with E-state index in [9.17, 15) is 4.79 Å². The number of nitrogens with two attached hydrogens (primary N) is 1. The molecule has 0 aliphatic rings. The van der Waals surface area contributed by atoms with E-state index in [0.717, 1.165) is 22.6 Å². The first kappa shape index (κ1) is 20.8. The van der Waals surface area contributed by atoms with Crippen molar-refractivity contribution in [2.45, 2.75) is 13.0 Å². The maximum atomic E-state index is 12.4. The van der Waals surface area contributed by atoms with Crippen LogP contribution in [0.5, 0.6) is 11.5 Å². The second kappa shape index (κ2) is 9.91. The molecule has 2 N–H and O–H groups in total. The molecule has 1 unspecified atom stereocenters. The molecule has 2 rings (SSSR count). The molecule has 0 fully saturated rings. The molecule has 0 aliphatic heterocycles. The van der Waals surface area contributed by atoms with Crippen LogP contribution in [0.1, 0.15) is 17.2 Å². The SMILES string of the molecule is COc1ccc(OCCN(C)C(=O)C(N)c2ccc(C)cc2)cc1.Cl. The Hall–Kier alpha value is -2.24. The summed E-state index contributed by atoms with van der Waals surface area (Å²) in [7, 11) is 3.35. The zero-order valence-electron chi connectivity index (χ0n) is 14.8. The third-order valence-electron chi connectivity index (χ3n) is 3.83. The lowest BCUT2D eigenvalue weighted by Gasteiger charge is -2.21. The van der Waals surface area contributed by atoms with Gasteiger partial charge in [-0.2, -0.15) is 0 Å². The molecule has 0 spiro atoms. The zero-order valence-corrected chi connectivity index (χ0v) is 15.6. The highest BCUT2D eigenvalue weighted by molar-refractivity contribution is 5.85. The summed E-state index contributed by atoms with van der Waals surface area (Å²) in [6.07, 6.45) is 0. The molecule has 0 saturated carbocycles. The van der Waals surface area contributed by atoms with Gasteiger partial charge in [0.05, 0.1) is 13.7 Å². The lowest BCUT2D eigenvalue weighted by molar-refractivity contribution is -0.131. The number of hydrogen-bond donors (Lipinski definition) is 1. The van der Waals surface area contributed by atoms with Gasteiger partial charge in [-0.15, -0.1) is 12.4 Å². The van der Waals surface area contributed by atoms with Crippen LogP contribution in [0.2, 0.25) is 0 Å². The molecule has 5 nitrogen and oxygen atoms in total. The Morgan fingerprint density at radius 1 is 1.08 bits per heavy atom. The van der Waals surface area contributed by atoms with E-state index in [2.05, 4.69) is 0 Å². The highest BCUT2D eigenvalue weighted by Gasteiger charge is 2.19. The van der Waals surface area contributed by atoms with Crippen molar-refractivity contribution in [2.75, 3.05) is 27.3 Å². The van der Waals surface area contributed by atoms with Gasteiger partial charge in [0.25, 0.3) is 0 Å². The van der Waals surface area contributed by atoms with Crippen LogP contribution < -0.4 is 15.2 Å². The van der Waals surface area contributed by atoms with E-state index >= 15 is 0 Å². The lowest BCUT2D eigenvalue weighted by atomic mass is 10.1. The molecule has 0 aliphatic carbocycles. The van der Waals surface area contributed by atoms with Gasteiger partial charge < -0.3 is 20.1 Å². The van der Waals surface area contributed by atoms with E-state index in [1.807, 2.05) is 55.5 Å². The van der Waals surface area contributed by atoms with Gasteiger partial charge in [-0.3, -0.25) is 4.79 Å². The lowest BCUT2D eigenvalue weighted by Crippen LogP contribution is -2.38. The number of amides is 1. The van der Waals surface area contributed by atoms with Crippen LogP contribution in [0.25, 0.3) is 0 Å². The summed E-state index contributed by atoms with van der Waals surface area (Å²) >= 11 is 0. The van der Waals surface area contributed by atoms with Crippen molar-refractivity contribution in [3.63, 3.8) is 0 Å². The Balaban J connectivity index is 0.00000312. The molecule has 0 heterocycles. The normalized spacial score (nSPS) is 11.2. The molecule has 2 aromatic rings. The monoisotopic (exact) mass is 364 g/mol. The zero-order chi connectivity index (χ0) is 17.5. The van der Waals surface area contributed by atoms with Crippen molar-refractivity contribution in [2.24, 2.45) is 5.73 Å². The highest BCUT2D eigenvalue weighted by atomic mass is 35.5. The van der Waals surface area contributed by atoms with Crippen molar-refractivity contribution in [3.05, 3.63) is 59.7 Å². The molecule has 1 atom stereocenters. The molecular weight excluding hydrogens is 340 g/mol. The van der Waals surface area contributed by atoms with Gasteiger partial charge in [0.2, 0.25) is 5.91 Å². The van der Waals surface area contributed by atoms with Crippen LogP contribution in [0.4, 0.5) is 0 Å².